The molecular formula is C39H47BrN6O6Si. The molecule has 0 bridgehead atoms. The van der Waals surface area contributed by atoms with Crippen molar-refractivity contribution in [1.82, 2.24) is 19.7 Å². The molecule has 0 radical (unpaired) electrons. The monoisotopic (exact) mass is 802 g/mol. The zero-order chi connectivity index (χ0) is 38.2. The van der Waals surface area contributed by atoms with Gasteiger partial charge in [-0.05, 0) is 62.4 Å². The number of carbonyl (C=O) groups is 2. The van der Waals surface area contributed by atoms with Crippen molar-refractivity contribution >= 4 is 69.5 Å². The molecule has 2 N–H and O–H groups in total. The quantitative estimate of drug-likeness (QED) is 0.0829. The number of amides is 1. The van der Waals surface area contributed by atoms with Crippen LogP contribution in [0, 0.1) is 0 Å². The molecule has 0 spiro atoms. The minimum atomic E-state index is -2.76. The van der Waals surface area contributed by atoms with Gasteiger partial charge in [-0.1, -0.05) is 94.8 Å². The number of fused-ring (bicyclic) bond motifs is 1. The lowest BCUT2D eigenvalue weighted by Crippen LogP contribution is -2.66. The minimum absolute atomic E-state index is 0.0520. The first-order valence-corrected chi connectivity index (χ1v) is 20.2. The van der Waals surface area contributed by atoms with Crippen LogP contribution in [0.1, 0.15) is 62.9 Å². The van der Waals surface area contributed by atoms with Crippen molar-refractivity contribution < 1.29 is 28.2 Å². The number of rotatable bonds is 15. The van der Waals surface area contributed by atoms with E-state index in [-0.39, 0.29) is 23.6 Å². The smallest absolute Gasteiger partial charge is 0.413 e. The number of carbonyl (C=O) groups excluding carboxylic acids is 2. The van der Waals surface area contributed by atoms with E-state index in [1.165, 1.54) is 24.6 Å². The van der Waals surface area contributed by atoms with Crippen molar-refractivity contribution in [2.75, 3.05) is 38.6 Å². The number of benzene rings is 3. The van der Waals surface area contributed by atoms with Crippen LogP contribution < -0.4 is 25.7 Å². The molecule has 0 aliphatic carbocycles. The number of methoxy groups -OCH3 is 3. The summed E-state index contributed by atoms with van der Waals surface area (Å²) in [5.74, 6) is 0.622. The zero-order valence-corrected chi connectivity index (χ0v) is 33.8. The zero-order valence-electron chi connectivity index (χ0n) is 31.2. The molecule has 0 unspecified atom stereocenters. The fourth-order valence-electron chi connectivity index (χ4n) is 6.71. The van der Waals surface area contributed by atoms with Gasteiger partial charge in [0, 0.05) is 18.2 Å². The molecule has 0 saturated heterocycles. The maximum atomic E-state index is 12.4. The lowest BCUT2D eigenvalue weighted by atomic mass is 10.1. The fraction of sp³-hybridized carbons (Fsp3) is 0.359. The molecule has 14 heteroatoms. The highest BCUT2D eigenvalue weighted by Crippen LogP contribution is 2.37. The summed E-state index contributed by atoms with van der Waals surface area (Å²) in [6.45, 7) is 9.65. The van der Waals surface area contributed by atoms with Gasteiger partial charge in [0.1, 0.15) is 16.8 Å². The number of halogens is 1. The van der Waals surface area contributed by atoms with Crippen molar-refractivity contribution in [3.05, 3.63) is 94.6 Å². The third-order valence-corrected chi connectivity index (χ3v) is 14.7. The average Bonchev–Trinajstić information content (AvgIpc) is 3.47. The number of hydrogen-bond acceptors (Lipinski definition) is 10. The summed E-state index contributed by atoms with van der Waals surface area (Å²) >= 11 is 3.58. The molecule has 5 aromatic rings. The van der Waals surface area contributed by atoms with Crippen LogP contribution in [0.5, 0.6) is 5.75 Å². The third-order valence-electron chi connectivity index (χ3n) is 9.15. The van der Waals surface area contributed by atoms with Crippen LogP contribution in [0.3, 0.4) is 0 Å². The van der Waals surface area contributed by atoms with E-state index in [1.54, 1.807) is 30.0 Å². The Morgan fingerprint density at radius 3 is 2.13 bits per heavy atom. The molecule has 1 atom stereocenters. The molecule has 53 heavy (non-hydrogen) atoms. The molecule has 5 rings (SSSR count). The molecular weight excluding hydrogens is 756 g/mol. The maximum Gasteiger partial charge on any atom is 0.413 e. The summed E-state index contributed by atoms with van der Waals surface area (Å²) in [5.41, 5.74) is 2.13. The predicted octanol–water partition coefficient (Wildman–Crippen LogP) is 7.16. The molecule has 1 amide bonds. The number of esters is 1. The Kier molecular flexibility index (Phi) is 12.9. The fourth-order valence-corrected chi connectivity index (χ4v) is 11.8. The van der Waals surface area contributed by atoms with E-state index < -0.39 is 20.4 Å². The van der Waals surface area contributed by atoms with Crippen LogP contribution >= 0.6 is 15.9 Å². The third kappa shape index (κ3) is 8.72. The lowest BCUT2D eigenvalue weighted by molar-refractivity contribution is 0.0600. The van der Waals surface area contributed by atoms with Crippen LogP contribution in [0.4, 0.5) is 16.6 Å². The minimum Gasteiger partial charge on any atom is -0.496 e. The molecule has 2 aromatic heterocycles. The number of hydrogen-bond donors (Lipinski definition) is 2. The van der Waals surface area contributed by atoms with Crippen LogP contribution in [0.25, 0.3) is 11.0 Å². The first-order chi connectivity index (χ1) is 25.4. The second-order valence-corrected chi connectivity index (χ2v) is 18.7. The van der Waals surface area contributed by atoms with E-state index in [2.05, 4.69) is 108 Å². The largest absolute Gasteiger partial charge is 0.496 e. The van der Waals surface area contributed by atoms with Gasteiger partial charge < -0.3 is 24.0 Å². The number of ether oxygens (including phenoxy) is 3. The Labute approximate surface area is 319 Å². The maximum absolute atomic E-state index is 12.4. The summed E-state index contributed by atoms with van der Waals surface area (Å²) in [7, 11) is 1.43. The summed E-state index contributed by atoms with van der Waals surface area (Å²) < 4.78 is 24.9. The van der Waals surface area contributed by atoms with Gasteiger partial charge in [-0.15, -0.1) is 0 Å². The molecule has 12 nitrogen and oxygen atoms in total. The van der Waals surface area contributed by atoms with Crippen LogP contribution in [-0.2, 0) is 20.4 Å². The summed E-state index contributed by atoms with van der Waals surface area (Å²) in [6, 6.07) is 26.2. The summed E-state index contributed by atoms with van der Waals surface area (Å²) in [4.78, 5) is 34.1. The second-order valence-electron chi connectivity index (χ2n) is 13.6. The molecule has 280 valence electrons. The van der Waals surface area contributed by atoms with E-state index in [4.69, 9.17) is 28.7 Å². The number of anilines is 2. The van der Waals surface area contributed by atoms with Crippen molar-refractivity contribution in [1.29, 1.82) is 0 Å². The SMILES string of the molecule is CCC[C@@H](CCO[Si](c1ccccc1)(c1ccccc1)C(C)(C)C)Nc1nc(NC(=O)OC)nc2c(Br)nn(Cc3cc(C(=O)OC)ccc3OC)c12. The average molecular weight is 804 g/mol. The van der Waals surface area contributed by atoms with Crippen LogP contribution in [0.15, 0.2) is 83.5 Å². The Hall–Kier alpha value is -4.79. The summed E-state index contributed by atoms with van der Waals surface area (Å²) in [6.07, 6.45) is 1.69. The number of nitrogens with one attached hydrogen (secondary N) is 2. The van der Waals surface area contributed by atoms with Crippen molar-refractivity contribution in [3.63, 3.8) is 0 Å². The highest BCUT2D eigenvalue weighted by Gasteiger charge is 2.50. The van der Waals surface area contributed by atoms with Crippen LogP contribution in [-0.4, -0.2) is 74.1 Å². The van der Waals surface area contributed by atoms with Gasteiger partial charge in [-0.2, -0.15) is 10.1 Å². The van der Waals surface area contributed by atoms with Gasteiger partial charge in [0.2, 0.25) is 5.95 Å². The second kappa shape index (κ2) is 17.4. The Morgan fingerprint density at radius 2 is 1.57 bits per heavy atom. The van der Waals surface area contributed by atoms with Crippen molar-refractivity contribution in [3.8, 4) is 5.75 Å². The first kappa shape index (κ1) is 39.4. The Bertz CT molecular complexity index is 1980. The van der Waals surface area contributed by atoms with E-state index >= 15 is 0 Å². The first-order valence-electron chi connectivity index (χ1n) is 17.5. The number of nitrogens with zero attached hydrogens (tertiary/aromatic N) is 4. The normalized spacial score (nSPS) is 12.3. The van der Waals surface area contributed by atoms with Crippen molar-refractivity contribution in [2.45, 2.75) is 64.6 Å². The van der Waals surface area contributed by atoms with Gasteiger partial charge >= 0.3 is 12.1 Å². The number of aromatic nitrogens is 4. The van der Waals surface area contributed by atoms with Gasteiger partial charge in [-0.3, -0.25) is 10.00 Å². The van der Waals surface area contributed by atoms with Gasteiger partial charge in [0.15, 0.2) is 10.4 Å². The molecule has 2 heterocycles. The van der Waals surface area contributed by atoms with Gasteiger partial charge in [-0.25, -0.2) is 14.6 Å². The van der Waals surface area contributed by atoms with E-state index in [0.717, 1.165) is 12.8 Å². The molecule has 3 aromatic carbocycles. The molecule has 0 aliphatic heterocycles. The highest BCUT2D eigenvalue weighted by atomic mass is 79.9. The van der Waals surface area contributed by atoms with E-state index in [9.17, 15) is 9.59 Å². The van der Waals surface area contributed by atoms with E-state index in [0.29, 0.717) is 51.4 Å². The Balaban J connectivity index is 1.53. The van der Waals surface area contributed by atoms with E-state index in [1.807, 2.05) is 12.1 Å². The Morgan fingerprint density at radius 1 is 0.906 bits per heavy atom. The van der Waals surface area contributed by atoms with Gasteiger partial charge in [0.05, 0.1) is 33.4 Å². The molecule has 0 aliphatic rings. The predicted molar refractivity (Wildman–Crippen MR) is 213 cm³/mol. The van der Waals surface area contributed by atoms with Crippen LogP contribution in [0.2, 0.25) is 5.04 Å². The molecule has 0 saturated carbocycles. The summed E-state index contributed by atoms with van der Waals surface area (Å²) in [5, 5.41) is 13.3. The lowest BCUT2D eigenvalue weighted by Gasteiger charge is -2.43. The topological polar surface area (TPSA) is 139 Å². The van der Waals surface area contributed by atoms with Gasteiger partial charge in [0.25, 0.3) is 8.32 Å². The van der Waals surface area contributed by atoms with Crippen molar-refractivity contribution in [2.24, 2.45) is 0 Å². The standard InChI is InChI=1S/C39H47BrN6O6Si/c1-8-15-28(22-23-52-53(39(2,3)4,29-16-11-9-12-17-29)30-18-13-10-14-19-30)41-35-33-32(42-37(43-35)44-38(48)51-7)34(40)45-46(33)25-27-24-26(36(47)50-6)20-21-31(27)49-5/h9-14,16-21,24,28H,8,15,22-23,25H2,1-7H3,(H2,41,42,43,44,48)/t28-/m0/s1. The molecule has 0 fully saturated rings. The highest BCUT2D eigenvalue weighted by molar-refractivity contribution is 9.10.